The maximum atomic E-state index is 12.2. The van der Waals surface area contributed by atoms with E-state index in [1.807, 2.05) is 32.0 Å². The van der Waals surface area contributed by atoms with Crippen LogP contribution >= 0.6 is 12.4 Å². The van der Waals surface area contributed by atoms with Crippen molar-refractivity contribution in [1.29, 1.82) is 0 Å². The van der Waals surface area contributed by atoms with Gasteiger partial charge >= 0.3 is 0 Å². The smallest absolute Gasteiger partial charge is 0.228 e. The Labute approximate surface area is 137 Å². The quantitative estimate of drug-likeness (QED) is 0.797. The maximum Gasteiger partial charge on any atom is 0.228 e. The molecule has 1 aliphatic heterocycles. The molecule has 1 saturated heterocycles. The number of rotatable bonds is 4. The van der Waals surface area contributed by atoms with E-state index in [4.69, 9.17) is 0 Å². The highest BCUT2D eigenvalue weighted by Crippen LogP contribution is 2.18. The molecular weight excluding hydrogens is 302 g/mol. The normalized spacial score (nSPS) is 17.5. The van der Waals surface area contributed by atoms with Crippen LogP contribution in [-0.4, -0.2) is 24.9 Å². The van der Waals surface area contributed by atoms with Crippen LogP contribution < -0.4 is 16.0 Å². The first kappa shape index (κ1) is 18.5. The topological polar surface area (TPSA) is 70.2 Å². The molecule has 1 atom stereocenters. The summed E-state index contributed by atoms with van der Waals surface area (Å²) < 4.78 is 0. The van der Waals surface area contributed by atoms with Crippen LogP contribution in [0.1, 0.15) is 26.7 Å². The number of benzene rings is 1. The monoisotopic (exact) mass is 325 g/mol. The zero-order valence-electron chi connectivity index (χ0n) is 13.0. The lowest BCUT2D eigenvalue weighted by Gasteiger charge is -2.22. The minimum Gasteiger partial charge on any atom is -0.326 e. The summed E-state index contributed by atoms with van der Waals surface area (Å²) in [6, 6.07) is 7.26. The average molecular weight is 326 g/mol. The molecule has 2 rings (SSSR count). The largest absolute Gasteiger partial charge is 0.326 e. The first-order chi connectivity index (χ1) is 10.1. The highest BCUT2D eigenvalue weighted by molar-refractivity contribution is 5.95. The number of hydrogen-bond acceptors (Lipinski definition) is 3. The highest BCUT2D eigenvalue weighted by atomic mass is 35.5. The zero-order chi connectivity index (χ0) is 15.2. The second-order valence-electron chi connectivity index (χ2n) is 5.76. The molecule has 0 aromatic heterocycles. The Balaban J connectivity index is 0.00000242. The number of hydrogen-bond donors (Lipinski definition) is 3. The Morgan fingerprint density at radius 2 is 1.91 bits per heavy atom. The van der Waals surface area contributed by atoms with Gasteiger partial charge in [0.2, 0.25) is 11.8 Å². The molecule has 1 fully saturated rings. The molecule has 1 aromatic rings. The first-order valence-corrected chi connectivity index (χ1v) is 7.49. The van der Waals surface area contributed by atoms with Gasteiger partial charge in [-0.1, -0.05) is 19.9 Å². The molecule has 3 N–H and O–H groups in total. The summed E-state index contributed by atoms with van der Waals surface area (Å²) in [6.45, 7) is 5.41. The fourth-order valence-electron chi connectivity index (χ4n) is 2.28. The van der Waals surface area contributed by atoms with Crippen LogP contribution in [0.15, 0.2) is 24.3 Å². The predicted octanol–water partition coefficient (Wildman–Crippen LogP) is 2.64. The number of piperidine rings is 1. The van der Waals surface area contributed by atoms with Crippen molar-refractivity contribution in [2.45, 2.75) is 26.7 Å². The van der Waals surface area contributed by atoms with Crippen LogP contribution in [0.4, 0.5) is 11.4 Å². The number of nitrogens with one attached hydrogen (secondary N) is 3. The van der Waals surface area contributed by atoms with Crippen molar-refractivity contribution >= 4 is 35.6 Å². The van der Waals surface area contributed by atoms with E-state index in [0.29, 0.717) is 11.4 Å². The molecule has 0 spiro atoms. The lowest BCUT2D eigenvalue weighted by Crippen LogP contribution is -2.37. The lowest BCUT2D eigenvalue weighted by molar-refractivity contribution is -0.120. The van der Waals surface area contributed by atoms with Crippen molar-refractivity contribution in [3.8, 4) is 0 Å². The van der Waals surface area contributed by atoms with Gasteiger partial charge in [0.15, 0.2) is 0 Å². The second-order valence-corrected chi connectivity index (χ2v) is 5.76. The van der Waals surface area contributed by atoms with Gasteiger partial charge in [-0.05, 0) is 37.6 Å². The van der Waals surface area contributed by atoms with Gasteiger partial charge in [-0.3, -0.25) is 9.59 Å². The van der Waals surface area contributed by atoms with E-state index < -0.39 is 0 Å². The predicted molar refractivity (Wildman–Crippen MR) is 91.4 cm³/mol. The number of carbonyl (C=O) groups excluding carboxylic acids is 2. The van der Waals surface area contributed by atoms with Gasteiger partial charge in [0, 0.05) is 23.8 Å². The van der Waals surface area contributed by atoms with Gasteiger partial charge in [-0.15, -0.1) is 12.4 Å². The van der Waals surface area contributed by atoms with Crippen LogP contribution in [0, 0.1) is 11.8 Å². The summed E-state index contributed by atoms with van der Waals surface area (Å²) in [7, 11) is 0. The van der Waals surface area contributed by atoms with E-state index in [0.717, 1.165) is 25.9 Å². The highest BCUT2D eigenvalue weighted by Gasteiger charge is 2.20. The summed E-state index contributed by atoms with van der Waals surface area (Å²) in [5.41, 5.74) is 1.42. The molecule has 0 unspecified atom stereocenters. The molecule has 1 aromatic carbocycles. The number of anilines is 2. The fraction of sp³-hybridized carbons (Fsp3) is 0.500. The minimum atomic E-state index is -0.0726. The minimum absolute atomic E-state index is 0. The van der Waals surface area contributed by atoms with Crippen molar-refractivity contribution in [2.24, 2.45) is 11.8 Å². The molecule has 5 nitrogen and oxygen atoms in total. The molecule has 0 radical (unpaired) electrons. The molecule has 2 amide bonds. The van der Waals surface area contributed by atoms with E-state index in [2.05, 4.69) is 16.0 Å². The molecule has 122 valence electrons. The Bertz CT molecular complexity index is 514. The van der Waals surface area contributed by atoms with Gasteiger partial charge in [0.1, 0.15) is 0 Å². The summed E-state index contributed by atoms with van der Waals surface area (Å²) in [6.07, 6.45) is 1.95. The molecule has 6 heteroatoms. The van der Waals surface area contributed by atoms with Crippen molar-refractivity contribution in [1.82, 2.24) is 5.32 Å². The summed E-state index contributed by atoms with van der Waals surface area (Å²) in [5.74, 6) is -0.0475. The molecule has 0 aliphatic carbocycles. The Morgan fingerprint density at radius 3 is 2.50 bits per heavy atom. The number of amides is 2. The maximum absolute atomic E-state index is 12.2. The van der Waals surface area contributed by atoms with Gasteiger partial charge in [-0.25, -0.2) is 0 Å². The lowest BCUT2D eigenvalue weighted by atomic mass is 9.99. The SMILES string of the molecule is CC(C)C(=O)Nc1cccc(NC(=O)[C@@H]2CCCNC2)c1.Cl. The Morgan fingerprint density at radius 1 is 1.23 bits per heavy atom. The van der Waals surface area contributed by atoms with Gasteiger partial charge in [0.25, 0.3) is 0 Å². The van der Waals surface area contributed by atoms with Gasteiger partial charge in [0.05, 0.1) is 5.92 Å². The van der Waals surface area contributed by atoms with Crippen molar-refractivity contribution < 1.29 is 9.59 Å². The van der Waals surface area contributed by atoms with Crippen molar-refractivity contribution in [3.63, 3.8) is 0 Å². The fourth-order valence-corrected chi connectivity index (χ4v) is 2.28. The third-order valence-electron chi connectivity index (χ3n) is 3.59. The first-order valence-electron chi connectivity index (χ1n) is 7.49. The summed E-state index contributed by atoms with van der Waals surface area (Å²) in [4.78, 5) is 23.9. The summed E-state index contributed by atoms with van der Waals surface area (Å²) in [5, 5.41) is 8.99. The molecule has 22 heavy (non-hydrogen) atoms. The van der Waals surface area contributed by atoms with Crippen LogP contribution in [0.3, 0.4) is 0 Å². The molecule has 0 saturated carbocycles. The Kier molecular flexibility index (Phi) is 7.35. The van der Waals surface area contributed by atoms with E-state index in [1.54, 1.807) is 6.07 Å². The van der Waals surface area contributed by atoms with Crippen LogP contribution in [0.2, 0.25) is 0 Å². The van der Waals surface area contributed by atoms with E-state index in [1.165, 1.54) is 0 Å². The van der Waals surface area contributed by atoms with Crippen LogP contribution in [-0.2, 0) is 9.59 Å². The molecule has 1 heterocycles. The van der Waals surface area contributed by atoms with Gasteiger partial charge in [-0.2, -0.15) is 0 Å². The summed E-state index contributed by atoms with van der Waals surface area (Å²) >= 11 is 0. The third-order valence-corrected chi connectivity index (χ3v) is 3.59. The van der Waals surface area contributed by atoms with Gasteiger partial charge < -0.3 is 16.0 Å². The molecule has 0 bridgehead atoms. The zero-order valence-corrected chi connectivity index (χ0v) is 13.8. The van der Waals surface area contributed by atoms with E-state index in [-0.39, 0.29) is 36.1 Å². The number of halogens is 1. The van der Waals surface area contributed by atoms with Crippen LogP contribution in [0.25, 0.3) is 0 Å². The standard InChI is InChI=1S/C16H23N3O2.ClH/c1-11(2)15(20)18-13-6-3-7-14(9-13)19-16(21)12-5-4-8-17-10-12;/h3,6-7,9,11-12,17H,4-5,8,10H2,1-2H3,(H,18,20)(H,19,21);1H/t12-;/m1./s1. The van der Waals surface area contributed by atoms with E-state index >= 15 is 0 Å². The average Bonchev–Trinajstić information content (AvgIpc) is 2.48. The second kappa shape index (κ2) is 8.76. The molecule has 1 aliphatic rings. The van der Waals surface area contributed by atoms with Crippen LogP contribution in [0.5, 0.6) is 0 Å². The van der Waals surface area contributed by atoms with Crippen molar-refractivity contribution in [3.05, 3.63) is 24.3 Å². The number of carbonyl (C=O) groups is 2. The van der Waals surface area contributed by atoms with Crippen molar-refractivity contribution in [2.75, 3.05) is 23.7 Å². The third kappa shape index (κ3) is 5.31. The molecular formula is C16H24ClN3O2. The Hall–Kier alpha value is -1.59. The van der Waals surface area contributed by atoms with E-state index in [9.17, 15) is 9.59 Å².